The van der Waals surface area contributed by atoms with E-state index < -0.39 is 11.9 Å². The first kappa shape index (κ1) is 20.7. The zero-order valence-corrected chi connectivity index (χ0v) is 16.3. The molecule has 3 aromatic rings. The molecule has 0 saturated heterocycles. The third-order valence-corrected chi connectivity index (χ3v) is 4.25. The van der Waals surface area contributed by atoms with E-state index in [0.29, 0.717) is 27.6 Å². The first-order valence-electron chi connectivity index (χ1n) is 9.13. The lowest BCUT2D eigenvalue weighted by atomic mass is 10.1. The number of rotatable bonds is 7. The van der Waals surface area contributed by atoms with Gasteiger partial charge in [0.05, 0.1) is 28.4 Å². The highest BCUT2D eigenvalue weighted by Crippen LogP contribution is 2.18. The lowest BCUT2D eigenvalue weighted by Gasteiger charge is -2.08. The van der Waals surface area contributed by atoms with Gasteiger partial charge in [-0.1, -0.05) is 24.8 Å². The molecule has 30 heavy (non-hydrogen) atoms. The van der Waals surface area contributed by atoms with Crippen LogP contribution in [-0.4, -0.2) is 40.0 Å². The van der Waals surface area contributed by atoms with Crippen molar-refractivity contribution >= 4 is 24.6 Å². The largest absolute Gasteiger partial charge is 0.481 e. The molecule has 0 spiro atoms. The molecule has 3 rings (SSSR count). The minimum absolute atomic E-state index is 0.118. The van der Waals surface area contributed by atoms with Gasteiger partial charge in [0.25, 0.3) is 5.56 Å². The van der Waals surface area contributed by atoms with Crippen LogP contribution in [0.4, 0.5) is 0 Å². The van der Waals surface area contributed by atoms with Gasteiger partial charge in [-0.15, -0.1) is 0 Å². The number of H-pyrrole nitrogens is 1. The van der Waals surface area contributed by atoms with Crippen LogP contribution in [0, 0.1) is 0 Å². The third kappa shape index (κ3) is 4.49. The normalized spacial score (nSPS) is 11.3. The molecular weight excluding hydrogens is 388 g/mol. The summed E-state index contributed by atoms with van der Waals surface area (Å²) in [7, 11) is 0. The summed E-state index contributed by atoms with van der Waals surface area (Å²) in [5.74, 6) is -1.12. The second kappa shape index (κ2) is 8.95. The summed E-state index contributed by atoms with van der Waals surface area (Å²) in [6.45, 7) is 5.61. The van der Waals surface area contributed by atoms with E-state index in [-0.39, 0.29) is 24.3 Å². The molecule has 154 valence electrons. The Morgan fingerprint density at radius 1 is 1.17 bits per heavy atom. The van der Waals surface area contributed by atoms with Gasteiger partial charge < -0.3 is 14.6 Å². The van der Waals surface area contributed by atoms with Gasteiger partial charge in [0.1, 0.15) is 5.75 Å². The van der Waals surface area contributed by atoms with Crippen molar-refractivity contribution < 1.29 is 24.2 Å². The van der Waals surface area contributed by atoms with Gasteiger partial charge in [0.2, 0.25) is 0 Å². The molecule has 0 atom stereocenters. The minimum atomic E-state index is -1.05. The number of hydrogen-bond acceptors (Lipinski definition) is 5. The maximum Gasteiger partial charge on any atom is 0.344 e. The number of nitrogens with zero attached hydrogens (tertiary/aromatic N) is 1. The topological polar surface area (TPSA) is 111 Å². The number of ether oxygens (including phenoxy) is 2. The highest BCUT2D eigenvalue weighted by atomic mass is 16.6. The van der Waals surface area contributed by atoms with Crippen molar-refractivity contribution in [3.63, 3.8) is 0 Å². The maximum absolute atomic E-state index is 12.9. The zero-order valence-electron chi connectivity index (χ0n) is 16.3. The second-order valence-corrected chi connectivity index (χ2v) is 6.27. The van der Waals surface area contributed by atoms with Crippen molar-refractivity contribution in [2.24, 2.45) is 0 Å². The summed E-state index contributed by atoms with van der Waals surface area (Å²) in [4.78, 5) is 35.5. The van der Waals surface area contributed by atoms with Gasteiger partial charge in [-0.05, 0) is 43.3 Å². The van der Waals surface area contributed by atoms with Crippen LogP contribution >= 0.6 is 0 Å². The molecule has 0 aliphatic heterocycles. The number of carboxylic acids is 1. The van der Waals surface area contributed by atoms with Crippen LogP contribution in [0.5, 0.6) is 5.75 Å². The van der Waals surface area contributed by atoms with E-state index in [1.807, 2.05) is 0 Å². The molecule has 2 N–H and O–H groups in total. The van der Waals surface area contributed by atoms with Crippen molar-refractivity contribution in [2.75, 3.05) is 13.2 Å². The number of nitrogens with one attached hydrogen (secondary N) is 1. The number of benzene rings is 2. The van der Waals surface area contributed by atoms with Gasteiger partial charge in [-0.25, -0.2) is 14.3 Å². The third-order valence-electron chi connectivity index (χ3n) is 4.25. The molecule has 0 unspecified atom stereocenters. The molecule has 8 heteroatoms. The van der Waals surface area contributed by atoms with Crippen molar-refractivity contribution in [1.82, 2.24) is 9.78 Å². The number of para-hydroxylation sites is 1. The molecular formula is C22H20N2O6. The van der Waals surface area contributed by atoms with E-state index in [0.717, 1.165) is 0 Å². The number of aromatic carboxylic acids is 1. The molecule has 1 aromatic heterocycles. The molecule has 0 amide bonds. The number of carboxylic acid groups (broad SMARTS) is 1. The Kier molecular flexibility index (Phi) is 6.17. The lowest BCUT2D eigenvalue weighted by molar-refractivity contribution is -0.145. The lowest BCUT2D eigenvalue weighted by Crippen LogP contribution is -2.34. The van der Waals surface area contributed by atoms with Gasteiger partial charge in [-0.2, -0.15) is 0 Å². The van der Waals surface area contributed by atoms with Crippen LogP contribution in [-0.2, 0) is 9.53 Å². The van der Waals surface area contributed by atoms with Gasteiger partial charge in [-0.3, -0.25) is 9.89 Å². The van der Waals surface area contributed by atoms with Gasteiger partial charge in [0, 0.05) is 5.56 Å². The molecule has 8 nitrogen and oxygen atoms in total. The highest BCUT2D eigenvalue weighted by molar-refractivity contribution is 5.87. The molecule has 2 aromatic carbocycles. The Labute approximate surface area is 171 Å². The number of aromatic amines is 1. The summed E-state index contributed by atoms with van der Waals surface area (Å²) in [6, 6.07) is 12.8. The standard InChI is InChI=1S/C22H20N2O6/c1-3-29-20(25)13-30-19-7-5-4-6-16(19)12-18-14(2)23-24(21(18)26)17-10-8-15(9-11-17)22(27)28/h4-12,23H,2-3,13H2,1H3,(H,27,28)/b18-12+. The van der Waals surface area contributed by atoms with E-state index in [4.69, 9.17) is 14.6 Å². The van der Waals surface area contributed by atoms with Gasteiger partial charge in [0.15, 0.2) is 6.61 Å². The van der Waals surface area contributed by atoms with Crippen LogP contribution in [0.15, 0.2) is 53.3 Å². The van der Waals surface area contributed by atoms with E-state index in [1.165, 1.54) is 28.9 Å². The van der Waals surface area contributed by atoms with E-state index in [1.54, 1.807) is 37.3 Å². The molecule has 0 fully saturated rings. The first-order valence-corrected chi connectivity index (χ1v) is 9.13. The van der Waals surface area contributed by atoms with E-state index in [2.05, 4.69) is 11.7 Å². The van der Waals surface area contributed by atoms with Crippen LogP contribution in [0.25, 0.3) is 18.3 Å². The Bertz CT molecular complexity index is 1240. The van der Waals surface area contributed by atoms with Crippen molar-refractivity contribution in [3.8, 4) is 11.4 Å². The Morgan fingerprint density at radius 2 is 1.87 bits per heavy atom. The summed E-state index contributed by atoms with van der Waals surface area (Å²) in [6.07, 6.45) is 1.61. The maximum atomic E-state index is 12.9. The number of aromatic nitrogens is 2. The SMILES string of the molecule is C=c1[nH]n(-c2ccc(C(=O)O)cc2)c(=O)/c1=C/c1ccccc1OCC(=O)OCC. The molecule has 0 aliphatic carbocycles. The summed E-state index contributed by atoms with van der Waals surface area (Å²) >= 11 is 0. The zero-order chi connectivity index (χ0) is 21.7. The predicted octanol–water partition coefficient (Wildman–Crippen LogP) is 1.04. The monoisotopic (exact) mass is 408 g/mol. The quantitative estimate of drug-likeness (QED) is 0.566. The molecule has 0 bridgehead atoms. The van der Waals surface area contributed by atoms with Crippen molar-refractivity contribution in [3.05, 3.63) is 80.6 Å². The molecule has 0 aliphatic rings. The Hall–Kier alpha value is -4.07. The van der Waals surface area contributed by atoms with E-state index in [9.17, 15) is 14.4 Å². The molecule has 1 heterocycles. The van der Waals surface area contributed by atoms with Crippen LogP contribution in [0.1, 0.15) is 22.8 Å². The highest BCUT2D eigenvalue weighted by Gasteiger charge is 2.09. The number of esters is 1. The fourth-order valence-electron chi connectivity index (χ4n) is 2.81. The van der Waals surface area contributed by atoms with E-state index >= 15 is 0 Å². The summed E-state index contributed by atoms with van der Waals surface area (Å²) < 4.78 is 11.7. The van der Waals surface area contributed by atoms with Crippen LogP contribution < -0.4 is 20.9 Å². The number of carbonyl (C=O) groups is 2. The Balaban J connectivity index is 1.98. The molecule has 0 radical (unpaired) electrons. The fraction of sp³-hybridized carbons (Fsp3) is 0.136. The average Bonchev–Trinajstić information content (AvgIpc) is 3.01. The molecule has 0 saturated carbocycles. The predicted molar refractivity (Wildman–Crippen MR) is 110 cm³/mol. The fourth-order valence-corrected chi connectivity index (χ4v) is 2.81. The summed E-state index contributed by atoms with van der Waals surface area (Å²) in [5.41, 5.74) is 0.827. The van der Waals surface area contributed by atoms with Crippen molar-refractivity contribution in [1.29, 1.82) is 0 Å². The average molecular weight is 408 g/mol. The van der Waals surface area contributed by atoms with Gasteiger partial charge >= 0.3 is 11.9 Å². The van der Waals surface area contributed by atoms with Crippen LogP contribution in [0.2, 0.25) is 0 Å². The van der Waals surface area contributed by atoms with Crippen LogP contribution in [0.3, 0.4) is 0 Å². The van der Waals surface area contributed by atoms with Crippen molar-refractivity contribution in [2.45, 2.75) is 6.92 Å². The number of carbonyl (C=O) groups excluding carboxylic acids is 1. The minimum Gasteiger partial charge on any atom is -0.481 e. The smallest absolute Gasteiger partial charge is 0.344 e. The second-order valence-electron chi connectivity index (χ2n) is 6.27. The Morgan fingerprint density at radius 3 is 2.53 bits per heavy atom. The summed E-state index contributed by atoms with van der Waals surface area (Å²) in [5, 5.41) is 12.6. The first-order chi connectivity index (χ1) is 14.4. The number of hydrogen-bond donors (Lipinski definition) is 2.